The van der Waals surface area contributed by atoms with Gasteiger partial charge in [-0.3, -0.25) is 15.4 Å². The van der Waals surface area contributed by atoms with Crippen molar-refractivity contribution in [2.45, 2.75) is 50.4 Å². The minimum atomic E-state index is -4.82. The smallest absolute Gasteiger partial charge is 0.406 e. The third-order valence-corrected chi connectivity index (χ3v) is 8.45. The van der Waals surface area contributed by atoms with Gasteiger partial charge in [0.15, 0.2) is 5.13 Å². The predicted octanol–water partition coefficient (Wildman–Crippen LogP) is 6.92. The zero-order valence-corrected chi connectivity index (χ0v) is 24.4. The number of benzene rings is 3. The van der Waals surface area contributed by atoms with E-state index in [-0.39, 0.29) is 16.8 Å². The summed E-state index contributed by atoms with van der Waals surface area (Å²) in [7, 11) is 0. The summed E-state index contributed by atoms with van der Waals surface area (Å²) in [6.07, 6.45) is 1.18. The summed E-state index contributed by atoms with van der Waals surface area (Å²) in [6.45, 7) is 0. The highest BCUT2D eigenvalue weighted by Gasteiger charge is 2.31. The third kappa shape index (κ3) is 7.55. The number of nitrogens with zero attached hydrogens (tertiary/aromatic N) is 4. The monoisotopic (exact) mass is 636 g/mol. The fourth-order valence-corrected chi connectivity index (χ4v) is 6.28. The number of carbonyl (C=O) groups excluding carboxylic acids is 2. The fourth-order valence-electron chi connectivity index (χ4n) is 5.39. The first kappa shape index (κ1) is 30.0. The van der Waals surface area contributed by atoms with Gasteiger partial charge in [-0.15, -0.1) is 18.3 Å². The van der Waals surface area contributed by atoms with Crippen molar-refractivity contribution in [1.29, 1.82) is 0 Å². The molecule has 0 spiro atoms. The lowest BCUT2D eigenvalue weighted by atomic mass is 9.83. The van der Waals surface area contributed by atoms with Gasteiger partial charge in [0.05, 0.1) is 16.3 Å². The Morgan fingerprint density at radius 1 is 0.933 bits per heavy atom. The number of hydrogen-bond donors (Lipinski definition) is 4. The maximum Gasteiger partial charge on any atom is 0.573 e. The molecule has 3 aromatic carbocycles. The number of tetrazole rings is 1. The summed E-state index contributed by atoms with van der Waals surface area (Å²) in [5.74, 6) is -0.250. The van der Waals surface area contributed by atoms with E-state index in [9.17, 15) is 22.8 Å². The minimum Gasteiger partial charge on any atom is -0.406 e. The van der Waals surface area contributed by atoms with Gasteiger partial charge in [-0.1, -0.05) is 72.1 Å². The highest BCUT2D eigenvalue weighted by molar-refractivity contribution is 7.22. The molecule has 1 aliphatic rings. The van der Waals surface area contributed by atoms with Gasteiger partial charge in [-0.25, -0.2) is 9.78 Å². The quantitative estimate of drug-likeness (QED) is 0.145. The van der Waals surface area contributed by atoms with Crippen LogP contribution < -0.4 is 20.7 Å². The number of ether oxygens (including phenoxy) is 1. The molecular formula is C30H27F3N8O3S. The van der Waals surface area contributed by atoms with Crippen LogP contribution in [0, 0.1) is 0 Å². The van der Waals surface area contributed by atoms with E-state index in [0.29, 0.717) is 27.3 Å². The summed E-state index contributed by atoms with van der Waals surface area (Å²) in [5, 5.41) is 21.5. The van der Waals surface area contributed by atoms with Crippen molar-refractivity contribution in [1.82, 2.24) is 30.9 Å². The number of amides is 3. The number of hydrogen-bond acceptors (Lipinski definition) is 8. The van der Waals surface area contributed by atoms with Gasteiger partial charge in [-0.05, 0) is 64.9 Å². The van der Waals surface area contributed by atoms with Gasteiger partial charge in [0, 0.05) is 11.6 Å². The van der Waals surface area contributed by atoms with Crippen molar-refractivity contribution < 1.29 is 27.5 Å². The molecule has 2 aromatic heterocycles. The average molecular weight is 637 g/mol. The van der Waals surface area contributed by atoms with Crippen LogP contribution >= 0.6 is 11.3 Å². The lowest BCUT2D eigenvalue weighted by Crippen LogP contribution is -2.33. The molecule has 1 aliphatic carbocycles. The van der Waals surface area contributed by atoms with Gasteiger partial charge in [0.1, 0.15) is 5.75 Å². The van der Waals surface area contributed by atoms with E-state index in [1.54, 1.807) is 24.3 Å². The van der Waals surface area contributed by atoms with Crippen LogP contribution in [0.15, 0.2) is 66.7 Å². The van der Waals surface area contributed by atoms with E-state index in [1.807, 2.05) is 12.1 Å². The van der Waals surface area contributed by atoms with Crippen LogP contribution in [0.4, 0.5) is 29.0 Å². The Labute approximate surface area is 258 Å². The molecule has 1 atom stereocenters. The number of halogens is 3. The number of urea groups is 1. The first-order chi connectivity index (χ1) is 21.7. The molecular weight excluding hydrogens is 609 g/mol. The number of nitrogens with one attached hydrogen (secondary N) is 4. The standard InChI is InChI=1S/C30H27F3N8O3S/c31-30(32,33)44-22-14-15-23-24(16-22)45-29(34-23)37-28(43)35-25(19-8-6-18(7-9-19)17-4-2-1-3-5-17)20-10-12-21(13-11-20)26(42)36-27-38-40-41-39-27/h6-17,25H,1-5H2,(H2,34,35,37,43)(H2,36,38,39,40,41,42). The summed E-state index contributed by atoms with van der Waals surface area (Å²) in [4.78, 5) is 30.2. The molecule has 1 fully saturated rings. The van der Waals surface area contributed by atoms with Crippen molar-refractivity contribution in [3.63, 3.8) is 0 Å². The largest absolute Gasteiger partial charge is 0.573 e. The van der Waals surface area contributed by atoms with Crippen molar-refractivity contribution in [3.05, 3.63) is 89.0 Å². The van der Waals surface area contributed by atoms with E-state index in [1.165, 1.54) is 43.0 Å². The topological polar surface area (TPSA) is 147 Å². The number of aromatic amines is 1. The fraction of sp³-hybridized carbons (Fsp3) is 0.267. The van der Waals surface area contributed by atoms with Crippen LogP contribution in [0.25, 0.3) is 10.2 Å². The van der Waals surface area contributed by atoms with Gasteiger partial charge >= 0.3 is 12.4 Å². The molecule has 1 saturated carbocycles. The molecule has 0 saturated heterocycles. The zero-order chi connectivity index (χ0) is 31.4. The summed E-state index contributed by atoms with van der Waals surface area (Å²) in [6, 6.07) is 17.5. The lowest BCUT2D eigenvalue weighted by molar-refractivity contribution is -0.274. The van der Waals surface area contributed by atoms with Crippen LogP contribution in [0.5, 0.6) is 5.75 Å². The van der Waals surface area contributed by atoms with E-state index in [2.05, 4.69) is 58.4 Å². The number of alkyl halides is 3. The van der Waals surface area contributed by atoms with E-state index in [0.717, 1.165) is 29.7 Å². The third-order valence-electron chi connectivity index (χ3n) is 7.51. The Morgan fingerprint density at radius 3 is 2.31 bits per heavy atom. The lowest BCUT2D eigenvalue weighted by Gasteiger charge is -2.24. The molecule has 1 unspecified atom stereocenters. The second kappa shape index (κ2) is 12.9. The van der Waals surface area contributed by atoms with Crippen LogP contribution in [0.3, 0.4) is 0 Å². The molecule has 4 N–H and O–H groups in total. The Bertz CT molecular complexity index is 1770. The Hall–Kier alpha value is -5.05. The highest BCUT2D eigenvalue weighted by Crippen LogP contribution is 2.34. The molecule has 0 bridgehead atoms. The summed E-state index contributed by atoms with van der Waals surface area (Å²) in [5.41, 5.74) is 3.56. The van der Waals surface area contributed by atoms with Crippen molar-refractivity contribution in [2.24, 2.45) is 0 Å². The SMILES string of the molecule is O=C(Nc1nc2ccc(OC(F)(F)F)cc2s1)NC(c1ccc(C(=O)Nc2nn[nH]n2)cc1)c1ccc(C2CCCCC2)cc1. The number of anilines is 2. The van der Waals surface area contributed by atoms with E-state index >= 15 is 0 Å². The van der Waals surface area contributed by atoms with E-state index < -0.39 is 24.3 Å². The Balaban J connectivity index is 1.21. The first-order valence-corrected chi connectivity index (χ1v) is 15.0. The summed E-state index contributed by atoms with van der Waals surface area (Å²) < 4.78 is 42.3. The molecule has 15 heteroatoms. The van der Waals surface area contributed by atoms with Crippen molar-refractivity contribution in [2.75, 3.05) is 10.6 Å². The van der Waals surface area contributed by atoms with Gasteiger partial charge < -0.3 is 10.1 Å². The molecule has 5 aromatic rings. The van der Waals surface area contributed by atoms with Crippen molar-refractivity contribution in [3.8, 4) is 5.75 Å². The number of fused-ring (bicyclic) bond motifs is 1. The molecule has 6 rings (SSSR count). The number of rotatable bonds is 8. The Morgan fingerprint density at radius 2 is 1.64 bits per heavy atom. The normalized spacial score (nSPS) is 14.6. The summed E-state index contributed by atoms with van der Waals surface area (Å²) >= 11 is 1.02. The molecule has 45 heavy (non-hydrogen) atoms. The Kier molecular flexibility index (Phi) is 8.60. The second-order valence-corrected chi connectivity index (χ2v) is 11.6. The maximum atomic E-state index is 13.3. The minimum absolute atomic E-state index is 0.0392. The number of aromatic nitrogens is 5. The second-order valence-electron chi connectivity index (χ2n) is 10.5. The molecule has 2 heterocycles. The molecule has 3 amide bonds. The van der Waals surface area contributed by atoms with Crippen LogP contribution in [-0.4, -0.2) is 43.9 Å². The molecule has 232 valence electrons. The molecule has 11 nitrogen and oxygen atoms in total. The first-order valence-electron chi connectivity index (χ1n) is 14.2. The van der Waals surface area contributed by atoms with Crippen LogP contribution in [-0.2, 0) is 0 Å². The number of H-pyrrole nitrogens is 1. The molecule has 0 radical (unpaired) electrons. The predicted molar refractivity (Wildman–Crippen MR) is 161 cm³/mol. The zero-order valence-electron chi connectivity index (χ0n) is 23.6. The van der Waals surface area contributed by atoms with Crippen molar-refractivity contribution >= 4 is 44.6 Å². The molecule has 0 aliphatic heterocycles. The number of thiazole rings is 1. The van der Waals surface area contributed by atoms with E-state index in [4.69, 9.17) is 0 Å². The van der Waals surface area contributed by atoms with Crippen LogP contribution in [0.2, 0.25) is 0 Å². The average Bonchev–Trinajstić information content (AvgIpc) is 3.69. The van der Waals surface area contributed by atoms with Gasteiger partial charge in [0.25, 0.3) is 11.9 Å². The maximum absolute atomic E-state index is 13.3. The van der Waals surface area contributed by atoms with Crippen LogP contribution in [0.1, 0.15) is 71.1 Å². The number of carbonyl (C=O) groups is 2. The van der Waals surface area contributed by atoms with Gasteiger partial charge in [0.2, 0.25) is 0 Å². The van der Waals surface area contributed by atoms with Gasteiger partial charge in [-0.2, -0.15) is 5.21 Å². The highest BCUT2D eigenvalue weighted by atomic mass is 32.1.